The van der Waals surface area contributed by atoms with Gasteiger partial charge in [-0.25, -0.2) is 9.97 Å². The molecule has 0 atom stereocenters. The average molecular weight is 765 g/mol. The molecule has 12 rings (SSSR count). The zero-order valence-electron chi connectivity index (χ0n) is 32.6. The fourth-order valence-corrected chi connectivity index (χ4v) is 9.66. The lowest BCUT2D eigenvalue weighted by atomic mass is 9.67. The van der Waals surface area contributed by atoms with E-state index in [0.717, 1.165) is 71.9 Å². The lowest BCUT2D eigenvalue weighted by molar-refractivity contribution is 0.669. The molecule has 9 aromatic carbocycles. The van der Waals surface area contributed by atoms with Crippen LogP contribution >= 0.6 is 0 Å². The number of rotatable bonds is 6. The summed E-state index contributed by atoms with van der Waals surface area (Å²) in [6.45, 7) is 0. The summed E-state index contributed by atoms with van der Waals surface area (Å²) in [6.07, 6.45) is 0. The van der Waals surface area contributed by atoms with Crippen LogP contribution in [0, 0.1) is 0 Å². The first-order valence-electron chi connectivity index (χ1n) is 20.5. The number of hydrogen-bond acceptors (Lipinski definition) is 3. The number of furan rings is 1. The molecule has 0 unspecified atom stereocenters. The topological polar surface area (TPSA) is 38.9 Å². The molecule has 0 radical (unpaired) electrons. The Kier molecular flexibility index (Phi) is 7.76. The van der Waals surface area contributed by atoms with Crippen LogP contribution in [0.15, 0.2) is 223 Å². The highest BCUT2D eigenvalue weighted by Gasteiger charge is 2.46. The summed E-state index contributed by atoms with van der Waals surface area (Å²) in [5, 5.41) is 4.50. The Labute approximate surface area is 347 Å². The van der Waals surface area contributed by atoms with E-state index in [4.69, 9.17) is 14.4 Å². The zero-order chi connectivity index (χ0) is 39.6. The van der Waals surface area contributed by atoms with E-state index in [-0.39, 0.29) is 0 Å². The van der Waals surface area contributed by atoms with Gasteiger partial charge in [0.2, 0.25) is 0 Å². The molecule has 0 N–H and O–H groups in total. The van der Waals surface area contributed by atoms with Crippen LogP contribution in [-0.4, -0.2) is 9.97 Å². The van der Waals surface area contributed by atoms with E-state index in [2.05, 4.69) is 206 Å². The van der Waals surface area contributed by atoms with Gasteiger partial charge in [0, 0.05) is 27.5 Å². The highest BCUT2D eigenvalue weighted by atomic mass is 16.3. The number of nitrogens with zero attached hydrogens (tertiary/aromatic N) is 2. The summed E-state index contributed by atoms with van der Waals surface area (Å²) in [4.78, 5) is 10.8. The Morgan fingerprint density at radius 3 is 1.72 bits per heavy atom. The molecule has 0 saturated heterocycles. The minimum absolute atomic E-state index is 0.468. The van der Waals surface area contributed by atoms with E-state index < -0.39 is 5.41 Å². The minimum atomic E-state index is -0.468. The number of hydrogen-bond donors (Lipinski definition) is 0. The molecule has 3 heteroatoms. The second kappa shape index (κ2) is 13.6. The van der Waals surface area contributed by atoms with Crippen LogP contribution in [0.25, 0.3) is 88.9 Å². The first-order chi connectivity index (χ1) is 29.7. The standard InChI is InChI=1S/C57H36N2O/c1-3-19-42(20-4-1)57(43-21-5-2-6-22-43)50-27-11-9-24-45(50)48-35-41(29-31-51(48)57)53-36-52(58-56(59-53)47-26-14-16-37-15-7-8-23-44(37)47)40-18-13-17-38(33-40)39-30-32-55-49(34-39)46-25-10-12-28-54(46)60-55/h1-36H. The number of aromatic nitrogens is 2. The highest BCUT2D eigenvalue weighted by molar-refractivity contribution is 6.06. The third-order valence-corrected chi connectivity index (χ3v) is 12.4. The third-order valence-electron chi connectivity index (χ3n) is 12.4. The molecule has 1 aliphatic carbocycles. The lowest BCUT2D eigenvalue weighted by Crippen LogP contribution is -2.28. The van der Waals surface area contributed by atoms with Gasteiger partial charge in [-0.3, -0.25) is 0 Å². The van der Waals surface area contributed by atoms with Gasteiger partial charge in [0.1, 0.15) is 11.2 Å². The van der Waals surface area contributed by atoms with Crippen molar-refractivity contribution < 1.29 is 4.42 Å². The molecule has 1 aliphatic rings. The molecule has 2 aromatic heterocycles. The summed E-state index contributed by atoms with van der Waals surface area (Å²) in [7, 11) is 0. The molecule has 0 bridgehead atoms. The molecule has 0 amide bonds. The molecule has 3 nitrogen and oxygen atoms in total. The predicted molar refractivity (Wildman–Crippen MR) is 246 cm³/mol. The van der Waals surface area contributed by atoms with Gasteiger partial charge in [0.05, 0.1) is 16.8 Å². The van der Waals surface area contributed by atoms with Crippen LogP contribution in [0.5, 0.6) is 0 Å². The monoisotopic (exact) mass is 764 g/mol. The summed E-state index contributed by atoms with van der Waals surface area (Å²) < 4.78 is 6.16. The maximum Gasteiger partial charge on any atom is 0.161 e. The second-order valence-electron chi connectivity index (χ2n) is 15.7. The van der Waals surface area contributed by atoms with E-state index in [1.165, 1.54) is 33.4 Å². The van der Waals surface area contributed by atoms with Gasteiger partial charge >= 0.3 is 0 Å². The number of fused-ring (bicyclic) bond motifs is 7. The van der Waals surface area contributed by atoms with Gasteiger partial charge < -0.3 is 4.42 Å². The SMILES string of the molecule is c1ccc(C2(c3ccccc3)c3ccccc3-c3cc(-c4cc(-c5cccc(-c6ccc7oc8ccccc8c7c6)c5)nc(-c5cccc6ccccc56)n4)ccc32)cc1. The van der Waals surface area contributed by atoms with Gasteiger partial charge in [-0.15, -0.1) is 0 Å². The van der Waals surface area contributed by atoms with Crippen LogP contribution in [0.2, 0.25) is 0 Å². The molecular weight excluding hydrogens is 729 g/mol. The Morgan fingerprint density at radius 2 is 0.900 bits per heavy atom. The quantitative estimate of drug-likeness (QED) is 0.169. The smallest absolute Gasteiger partial charge is 0.161 e. The molecule has 0 aliphatic heterocycles. The van der Waals surface area contributed by atoms with Crippen LogP contribution in [0.3, 0.4) is 0 Å². The van der Waals surface area contributed by atoms with Crippen LogP contribution in [0.4, 0.5) is 0 Å². The highest BCUT2D eigenvalue weighted by Crippen LogP contribution is 2.56. The van der Waals surface area contributed by atoms with Gasteiger partial charge in [0.15, 0.2) is 5.82 Å². The van der Waals surface area contributed by atoms with Crippen molar-refractivity contribution in [2.45, 2.75) is 5.41 Å². The van der Waals surface area contributed by atoms with Crippen LogP contribution in [0.1, 0.15) is 22.3 Å². The maximum absolute atomic E-state index is 6.16. The Hall–Kier alpha value is -7.88. The molecule has 2 heterocycles. The normalized spacial score (nSPS) is 12.8. The maximum atomic E-state index is 6.16. The minimum Gasteiger partial charge on any atom is -0.456 e. The number of benzene rings is 9. The van der Waals surface area contributed by atoms with Crippen molar-refractivity contribution in [2.24, 2.45) is 0 Å². The van der Waals surface area contributed by atoms with Gasteiger partial charge in [0.25, 0.3) is 0 Å². The Bertz CT molecular complexity index is 3390. The fourth-order valence-electron chi connectivity index (χ4n) is 9.66. The van der Waals surface area contributed by atoms with E-state index in [0.29, 0.717) is 5.82 Å². The lowest BCUT2D eigenvalue weighted by Gasteiger charge is -2.33. The van der Waals surface area contributed by atoms with E-state index in [1.54, 1.807) is 0 Å². The Morgan fingerprint density at radius 1 is 0.333 bits per heavy atom. The van der Waals surface area contributed by atoms with Crippen molar-refractivity contribution in [2.75, 3.05) is 0 Å². The third kappa shape index (κ3) is 5.30. The molecule has 0 fully saturated rings. The molecule has 11 aromatic rings. The fraction of sp³-hybridized carbons (Fsp3) is 0.0175. The van der Waals surface area contributed by atoms with Crippen molar-refractivity contribution in [1.29, 1.82) is 0 Å². The average Bonchev–Trinajstić information content (AvgIpc) is 3.85. The Balaban J connectivity index is 1.05. The zero-order valence-corrected chi connectivity index (χ0v) is 32.6. The second-order valence-corrected chi connectivity index (χ2v) is 15.7. The van der Waals surface area contributed by atoms with E-state index >= 15 is 0 Å². The predicted octanol–water partition coefficient (Wildman–Crippen LogP) is 14.6. The number of para-hydroxylation sites is 1. The van der Waals surface area contributed by atoms with E-state index in [9.17, 15) is 0 Å². The largest absolute Gasteiger partial charge is 0.456 e. The van der Waals surface area contributed by atoms with Gasteiger partial charge in [-0.05, 0) is 91.7 Å². The molecular formula is C57H36N2O. The van der Waals surface area contributed by atoms with Crippen molar-refractivity contribution in [3.63, 3.8) is 0 Å². The van der Waals surface area contributed by atoms with Crippen molar-refractivity contribution in [1.82, 2.24) is 9.97 Å². The molecule has 0 saturated carbocycles. The first-order valence-corrected chi connectivity index (χ1v) is 20.5. The van der Waals surface area contributed by atoms with Crippen molar-refractivity contribution in [3.8, 4) is 56.2 Å². The summed E-state index contributed by atoms with van der Waals surface area (Å²) in [5.74, 6) is 0.694. The summed E-state index contributed by atoms with van der Waals surface area (Å²) >= 11 is 0. The van der Waals surface area contributed by atoms with Gasteiger partial charge in [-0.1, -0.05) is 182 Å². The molecule has 60 heavy (non-hydrogen) atoms. The van der Waals surface area contributed by atoms with Crippen LogP contribution in [-0.2, 0) is 5.41 Å². The molecule has 280 valence electrons. The summed E-state index contributed by atoms with van der Waals surface area (Å²) in [6, 6.07) is 78.1. The van der Waals surface area contributed by atoms with Gasteiger partial charge in [-0.2, -0.15) is 0 Å². The van der Waals surface area contributed by atoms with Crippen molar-refractivity contribution in [3.05, 3.63) is 241 Å². The molecule has 0 spiro atoms. The van der Waals surface area contributed by atoms with Crippen molar-refractivity contribution >= 4 is 32.7 Å². The summed E-state index contributed by atoms with van der Waals surface area (Å²) in [5.41, 5.74) is 15.8. The van der Waals surface area contributed by atoms with Crippen LogP contribution < -0.4 is 0 Å². The first kappa shape index (κ1) is 34.2. The van der Waals surface area contributed by atoms with E-state index in [1.807, 2.05) is 12.1 Å².